The van der Waals surface area contributed by atoms with Gasteiger partial charge in [-0.1, -0.05) is 6.07 Å². The lowest BCUT2D eigenvalue weighted by Gasteiger charge is -2.08. The maximum atomic E-state index is 11.4. The van der Waals surface area contributed by atoms with Crippen LogP contribution in [0.4, 0.5) is 0 Å². The van der Waals surface area contributed by atoms with Gasteiger partial charge in [0.15, 0.2) is 0 Å². The summed E-state index contributed by atoms with van der Waals surface area (Å²) in [7, 11) is 0. The van der Waals surface area contributed by atoms with E-state index in [1.54, 1.807) is 0 Å². The Hall–Kier alpha value is -1.49. The minimum Gasteiger partial charge on any atom is -0.384 e. The van der Waals surface area contributed by atoms with Crippen molar-refractivity contribution in [3.05, 3.63) is 29.3 Å². The highest BCUT2D eigenvalue weighted by Crippen LogP contribution is 2.23. The van der Waals surface area contributed by atoms with E-state index in [1.807, 2.05) is 32.0 Å². The Morgan fingerprint density at radius 2 is 2.24 bits per heavy atom. The number of nitrogens with one attached hydrogen (secondary N) is 2. The second-order valence-electron chi connectivity index (χ2n) is 3.66. The molecule has 0 spiro atoms. The van der Waals surface area contributed by atoms with Gasteiger partial charge in [-0.15, -0.1) is 11.8 Å². The predicted molar refractivity (Wildman–Crippen MR) is 71.6 cm³/mol. The second kappa shape index (κ2) is 6.30. The molecule has 0 radical (unpaired) electrons. The Morgan fingerprint density at radius 3 is 2.82 bits per heavy atom. The number of carbonyl (C=O) groups is 1. The van der Waals surface area contributed by atoms with Gasteiger partial charge in [0, 0.05) is 17.0 Å². The number of hydrogen-bond donors (Lipinski definition) is 3. The summed E-state index contributed by atoms with van der Waals surface area (Å²) in [6, 6.07) is 5.67. The Bertz CT molecular complexity index is 432. The van der Waals surface area contributed by atoms with Gasteiger partial charge in [0.1, 0.15) is 5.84 Å². The third-order valence-corrected chi connectivity index (χ3v) is 3.22. The molecule has 0 aliphatic rings. The molecule has 1 rings (SSSR count). The maximum absolute atomic E-state index is 11.4. The highest BCUT2D eigenvalue weighted by molar-refractivity contribution is 8.00. The van der Waals surface area contributed by atoms with Crippen LogP contribution >= 0.6 is 11.8 Å². The molecule has 1 amide bonds. The maximum Gasteiger partial charge on any atom is 0.230 e. The number of amides is 1. The first-order valence-corrected chi connectivity index (χ1v) is 6.37. The third kappa shape index (κ3) is 4.11. The van der Waals surface area contributed by atoms with Gasteiger partial charge in [0.05, 0.1) is 5.75 Å². The summed E-state index contributed by atoms with van der Waals surface area (Å²) in [5.74, 6) is 0.370. The average molecular weight is 251 g/mol. The minimum atomic E-state index is -0.00601. The number of rotatable bonds is 5. The summed E-state index contributed by atoms with van der Waals surface area (Å²) >= 11 is 1.40. The molecule has 1 aromatic rings. The molecule has 0 heterocycles. The zero-order chi connectivity index (χ0) is 12.8. The summed E-state index contributed by atoms with van der Waals surface area (Å²) in [5.41, 5.74) is 7.28. The fourth-order valence-electron chi connectivity index (χ4n) is 1.36. The van der Waals surface area contributed by atoms with E-state index in [9.17, 15) is 4.79 Å². The Kier molecular flexibility index (Phi) is 5.03. The smallest absolute Gasteiger partial charge is 0.230 e. The lowest BCUT2D eigenvalue weighted by atomic mass is 10.1. The molecule has 0 aliphatic carbocycles. The average Bonchev–Trinajstić information content (AvgIpc) is 2.26. The van der Waals surface area contributed by atoms with Crippen LogP contribution in [0.1, 0.15) is 18.1 Å². The van der Waals surface area contributed by atoms with Gasteiger partial charge in [-0.05, 0) is 31.5 Å². The van der Waals surface area contributed by atoms with Crippen molar-refractivity contribution in [2.45, 2.75) is 18.7 Å². The van der Waals surface area contributed by atoms with Gasteiger partial charge in [-0.2, -0.15) is 0 Å². The fraction of sp³-hybridized carbons (Fsp3) is 0.333. The van der Waals surface area contributed by atoms with Gasteiger partial charge in [0.25, 0.3) is 0 Å². The number of benzene rings is 1. The first-order valence-electron chi connectivity index (χ1n) is 5.39. The predicted octanol–water partition coefficient (Wildman–Crippen LogP) is 1.51. The molecule has 92 valence electrons. The van der Waals surface area contributed by atoms with Crippen LogP contribution in [-0.2, 0) is 4.79 Å². The highest BCUT2D eigenvalue weighted by Gasteiger charge is 2.08. The molecule has 1 aromatic carbocycles. The third-order valence-electron chi connectivity index (χ3n) is 2.16. The normalized spacial score (nSPS) is 10.0. The Morgan fingerprint density at radius 1 is 1.53 bits per heavy atom. The zero-order valence-corrected chi connectivity index (χ0v) is 10.9. The van der Waals surface area contributed by atoms with Crippen LogP contribution in [0.3, 0.4) is 0 Å². The first-order chi connectivity index (χ1) is 8.04. The van der Waals surface area contributed by atoms with Crippen molar-refractivity contribution >= 4 is 23.5 Å². The van der Waals surface area contributed by atoms with Crippen LogP contribution < -0.4 is 11.1 Å². The van der Waals surface area contributed by atoms with E-state index in [0.717, 1.165) is 10.5 Å². The van der Waals surface area contributed by atoms with Crippen molar-refractivity contribution in [3.63, 3.8) is 0 Å². The van der Waals surface area contributed by atoms with Gasteiger partial charge in [-0.3, -0.25) is 10.2 Å². The molecule has 0 aliphatic heterocycles. The van der Waals surface area contributed by atoms with Gasteiger partial charge in [0.2, 0.25) is 5.91 Å². The van der Waals surface area contributed by atoms with Crippen molar-refractivity contribution < 1.29 is 4.79 Å². The van der Waals surface area contributed by atoms with Gasteiger partial charge in [-0.25, -0.2) is 0 Å². The lowest BCUT2D eigenvalue weighted by molar-refractivity contribution is -0.118. The molecule has 0 saturated heterocycles. The molecule has 0 bridgehead atoms. The van der Waals surface area contributed by atoms with Crippen LogP contribution in [0.15, 0.2) is 23.1 Å². The molecular weight excluding hydrogens is 234 g/mol. The molecule has 17 heavy (non-hydrogen) atoms. The van der Waals surface area contributed by atoms with E-state index in [1.165, 1.54) is 11.8 Å². The SMILES string of the molecule is CCNC(=O)CSc1cc(C)ccc1C(=N)N. The van der Waals surface area contributed by atoms with E-state index in [-0.39, 0.29) is 11.7 Å². The van der Waals surface area contributed by atoms with Crippen LogP contribution in [-0.4, -0.2) is 24.0 Å². The van der Waals surface area contributed by atoms with E-state index in [4.69, 9.17) is 11.1 Å². The Balaban J connectivity index is 2.78. The molecule has 0 saturated carbocycles. The molecule has 0 aromatic heterocycles. The molecule has 5 heteroatoms. The van der Waals surface area contributed by atoms with Crippen molar-refractivity contribution in [3.8, 4) is 0 Å². The fourth-order valence-corrected chi connectivity index (χ4v) is 2.35. The van der Waals surface area contributed by atoms with Gasteiger partial charge < -0.3 is 11.1 Å². The zero-order valence-electron chi connectivity index (χ0n) is 10.0. The van der Waals surface area contributed by atoms with Crippen molar-refractivity contribution in [1.29, 1.82) is 5.41 Å². The van der Waals surface area contributed by atoms with Crippen LogP contribution in [0.5, 0.6) is 0 Å². The molecular formula is C12H17N3OS. The van der Waals surface area contributed by atoms with Crippen LogP contribution in [0.2, 0.25) is 0 Å². The van der Waals surface area contributed by atoms with E-state index in [2.05, 4.69) is 5.32 Å². The second-order valence-corrected chi connectivity index (χ2v) is 4.67. The van der Waals surface area contributed by atoms with E-state index < -0.39 is 0 Å². The molecule has 0 fully saturated rings. The molecule has 4 N–H and O–H groups in total. The summed E-state index contributed by atoms with van der Waals surface area (Å²) in [6.07, 6.45) is 0. The van der Waals surface area contributed by atoms with Crippen LogP contribution in [0, 0.1) is 12.3 Å². The number of carbonyl (C=O) groups excluding carboxylic acids is 1. The molecule has 4 nitrogen and oxygen atoms in total. The van der Waals surface area contributed by atoms with Crippen molar-refractivity contribution in [2.75, 3.05) is 12.3 Å². The van der Waals surface area contributed by atoms with E-state index >= 15 is 0 Å². The standard InChI is InChI=1S/C12H17N3OS/c1-3-15-11(16)7-17-10-6-8(2)4-5-9(10)12(13)14/h4-6H,3,7H2,1-2H3,(H3,13,14)(H,15,16). The number of nitrogen functional groups attached to an aromatic ring is 1. The first kappa shape index (κ1) is 13.6. The summed E-state index contributed by atoms with van der Waals surface area (Å²) in [6.45, 7) is 4.49. The number of thioether (sulfide) groups is 1. The Labute approximate surface area is 105 Å². The number of aryl methyl sites for hydroxylation is 1. The molecule has 0 atom stereocenters. The molecule has 0 unspecified atom stereocenters. The summed E-state index contributed by atoms with van der Waals surface area (Å²) in [4.78, 5) is 12.2. The minimum absolute atomic E-state index is 0.00601. The van der Waals surface area contributed by atoms with Crippen molar-refractivity contribution in [2.24, 2.45) is 5.73 Å². The topological polar surface area (TPSA) is 79.0 Å². The largest absolute Gasteiger partial charge is 0.384 e. The van der Waals surface area contributed by atoms with Crippen molar-refractivity contribution in [1.82, 2.24) is 5.32 Å². The summed E-state index contributed by atoms with van der Waals surface area (Å²) in [5, 5.41) is 10.2. The van der Waals surface area contributed by atoms with Crippen LogP contribution in [0.25, 0.3) is 0 Å². The number of amidine groups is 1. The quantitative estimate of drug-likeness (QED) is 0.421. The summed E-state index contributed by atoms with van der Waals surface area (Å²) < 4.78 is 0. The van der Waals surface area contributed by atoms with E-state index in [0.29, 0.717) is 17.9 Å². The lowest BCUT2D eigenvalue weighted by Crippen LogP contribution is -2.24. The van der Waals surface area contributed by atoms with Gasteiger partial charge >= 0.3 is 0 Å². The number of nitrogens with two attached hydrogens (primary N) is 1. The number of hydrogen-bond acceptors (Lipinski definition) is 3. The highest BCUT2D eigenvalue weighted by atomic mass is 32.2. The monoisotopic (exact) mass is 251 g/mol.